The first-order chi connectivity index (χ1) is 14.1. The monoisotopic (exact) mass is 499 g/mol. The molecule has 0 amide bonds. The Morgan fingerprint density at radius 1 is 1.03 bits per heavy atom. The zero-order valence-electron chi connectivity index (χ0n) is 15.1. The van der Waals surface area contributed by atoms with E-state index in [1.54, 1.807) is 18.2 Å². The van der Waals surface area contributed by atoms with Gasteiger partial charge in [-0.3, -0.25) is 0 Å². The summed E-state index contributed by atoms with van der Waals surface area (Å²) in [5.41, 5.74) is 2.61. The quantitative estimate of drug-likeness (QED) is 0.270. The predicted molar refractivity (Wildman–Crippen MR) is 117 cm³/mol. The number of carbonyl (C=O) groups excluding carboxylic acids is 1. The first-order valence-corrected chi connectivity index (χ1v) is 9.90. The van der Waals surface area contributed by atoms with Crippen LogP contribution >= 0.6 is 22.6 Å². The van der Waals surface area contributed by atoms with Gasteiger partial charge in [-0.15, -0.1) is 0 Å². The van der Waals surface area contributed by atoms with Gasteiger partial charge in [0, 0.05) is 9.13 Å². The molecule has 4 nitrogen and oxygen atoms in total. The van der Waals surface area contributed by atoms with Crippen LogP contribution in [-0.4, -0.2) is 11.9 Å². The molecule has 3 aromatic carbocycles. The Hall–Kier alpha value is -3.00. The molecule has 1 heterocycles. The van der Waals surface area contributed by atoms with Gasteiger partial charge < -0.3 is 9.47 Å². The summed E-state index contributed by atoms with van der Waals surface area (Å²) in [6, 6.07) is 21.0. The van der Waals surface area contributed by atoms with Crippen molar-refractivity contribution in [2.75, 3.05) is 0 Å². The zero-order valence-corrected chi connectivity index (χ0v) is 17.3. The standard InChI is InChI=1S/C23H15FINO3/c24-18-8-4-15(5-9-18)14-28-20-3-1-2-16(12-20)13-21-23(27)29-22(26-21)17-6-10-19(25)11-7-17/h1-13H,14H2/b21-13-. The van der Waals surface area contributed by atoms with Crippen molar-refractivity contribution in [2.24, 2.45) is 4.99 Å². The third-order valence-corrected chi connectivity index (χ3v) is 4.91. The van der Waals surface area contributed by atoms with Crippen molar-refractivity contribution in [3.63, 3.8) is 0 Å². The average Bonchev–Trinajstić information content (AvgIpc) is 3.09. The summed E-state index contributed by atoms with van der Waals surface area (Å²) in [6.45, 7) is 0.317. The van der Waals surface area contributed by atoms with Crippen LogP contribution in [-0.2, 0) is 16.1 Å². The number of rotatable bonds is 5. The van der Waals surface area contributed by atoms with Crippen molar-refractivity contribution in [2.45, 2.75) is 6.61 Å². The lowest BCUT2D eigenvalue weighted by Gasteiger charge is -2.07. The number of carbonyl (C=O) groups is 1. The molecule has 29 heavy (non-hydrogen) atoms. The van der Waals surface area contributed by atoms with Gasteiger partial charge in [-0.2, -0.15) is 0 Å². The van der Waals surface area contributed by atoms with E-state index in [1.807, 2.05) is 48.5 Å². The van der Waals surface area contributed by atoms with Crippen molar-refractivity contribution < 1.29 is 18.7 Å². The molecular weight excluding hydrogens is 484 g/mol. The van der Waals surface area contributed by atoms with Crippen LogP contribution in [0, 0.1) is 9.39 Å². The van der Waals surface area contributed by atoms with Crippen LogP contribution in [0.4, 0.5) is 4.39 Å². The molecule has 144 valence electrons. The Balaban J connectivity index is 1.50. The maximum atomic E-state index is 13.0. The molecule has 4 rings (SSSR count). The zero-order chi connectivity index (χ0) is 20.2. The highest BCUT2D eigenvalue weighted by Crippen LogP contribution is 2.22. The molecule has 6 heteroatoms. The van der Waals surface area contributed by atoms with Crippen LogP contribution in [0.5, 0.6) is 5.75 Å². The van der Waals surface area contributed by atoms with Crippen LogP contribution < -0.4 is 4.74 Å². The first kappa shape index (κ1) is 19.3. The minimum Gasteiger partial charge on any atom is -0.489 e. The van der Waals surface area contributed by atoms with Crippen molar-refractivity contribution in [1.29, 1.82) is 0 Å². The van der Waals surface area contributed by atoms with E-state index in [0.29, 0.717) is 18.3 Å². The van der Waals surface area contributed by atoms with Crippen LogP contribution in [0.1, 0.15) is 16.7 Å². The lowest BCUT2D eigenvalue weighted by molar-refractivity contribution is -0.129. The second-order valence-corrected chi connectivity index (χ2v) is 7.58. The van der Waals surface area contributed by atoms with E-state index >= 15 is 0 Å². The van der Waals surface area contributed by atoms with Gasteiger partial charge >= 0.3 is 5.97 Å². The van der Waals surface area contributed by atoms with Crippen LogP contribution in [0.15, 0.2) is 83.5 Å². The van der Waals surface area contributed by atoms with E-state index in [9.17, 15) is 9.18 Å². The van der Waals surface area contributed by atoms with E-state index < -0.39 is 5.97 Å². The highest BCUT2D eigenvalue weighted by molar-refractivity contribution is 14.1. The molecule has 1 aliphatic rings. The van der Waals surface area contributed by atoms with Gasteiger partial charge in [-0.05, 0) is 88.3 Å². The number of cyclic esters (lactones) is 1. The summed E-state index contributed by atoms with van der Waals surface area (Å²) in [4.78, 5) is 16.5. The molecule has 0 atom stereocenters. The fourth-order valence-electron chi connectivity index (χ4n) is 2.72. The Bertz CT molecular complexity index is 1110. The topological polar surface area (TPSA) is 47.9 Å². The van der Waals surface area contributed by atoms with Gasteiger partial charge in [-0.1, -0.05) is 24.3 Å². The smallest absolute Gasteiger partial charge is 0.363 e. The molecule has 0 aromatic heterocycles. The van der Waals surface area contributed by atoms with Gasteiger partial charge in [0.15, 0.2) is 5.70 Å². The number of ether oxygens (including phenoxy) is 2. The highest BCUT2D eigenvalue weighted by atomic mass is 127. The summed E-state index contributed by atoms with van der Waals surface area (Å²) in [5.74, 6) is 0.158. The van der Waals surface area contributed by atoms with E-state index in [1.165, 1.54) is 12.1 Å². The normalized spacial score (nSPS) is 14.6. The minimum atomic E-state index is -0.490. The summed E-state index contributed by atoms with van der Waals surface area (Å²) < 4.78 is 25.1. The minimum absolute atomic E-state index is 0.231. The third-order valence-electron chi connectivity index (χ3n) is 4.19. The summed E-state index contributed by atoms with van der Waals surface area (Å²) >= 11 is 2.21. The van der Waals surface area contributed by atoms with Crippen molar-refractivity contribution in [1.82, 2.24) is 0 Å². The second kappa shape index (κ2) is 8.57. The number of esters is 1. The Labute approximate surface area is 180 Å². The molecule has 0 spiro atoms. The summed E-state index contributed by atoms with van der Waals surface area (Å²) in [6.07, 6.45) is 1.66. The van der Waals surface area contributed by atoms with Crippen LogP contribution in [0.25, 0.3) is 6.08 Å². The third kappa shape index (κ3) is 4.89. The molecule has 0 unspecified atom stereocenters. The van der Waals surface area contributed by atoms with Crippen molar-refractivity contribution in [3.05, 3.63) is 105 Å². The number of halogens is 2. The van der Waals surface area contributed by atoms with Gasteiger partial charge in [-0.25, -0.2) is 14.2 Å². The van der Waals surface area contributed by atoms with E-state index in [0.717, 1.165) is 20.3 Å². The fraction of sp³-hybridized carbons (Fsp3) is 0.0435. The Morgan fingerprint density at radius 3 is 2.55 bits per heavy atom. The number of aliphatic imine (C=N–C) groups is 1. The van der Waals surface area contributed by atoms with E-state index in [4.69, 9.17) is 9.47 Å². The summed E-state index contributed by atoms with van der Waals surface area (Å²) in [7, 11) is 0. The highest BCUT2D eigenvalue weighted by Gasteiger charge is 2.24. The van der Waals surface area contributed by atoms with Crippen molar-refractivity contribution >= 4 is 40.5 Å². The van der Waals surface area contributed by atoms with Gasteiger partial charge in [0.05, 0.1) is 0 Å². The average molecular weight is 499 g/mol. The molecule has 0 radical (unpaired) electrons. The Morgan fingerprint density at radius 2 is 1.79 bits per heavy atom. The summed E-state index contributed by atoms with van der Waals surface area (Å²) in [5, 5.41) is 0. The number of hydrogen-bond acceptors (Lipinski definition) is 4. The van der Waals surface area contributed by atoms with E-state index in [2.05, 4.69) is 27.6 Å². The maximum Gasteiger partial charge on any atom is 0.363 e. The number of benzene rings is 3. The molecule has 0 bridgehead atoms. The molecule has 0 fully saturated rings. The molecule has 0 N–H and O–H groups in total. The maximum absolute atomic E-state index is 13.0. The Kier molecular flexibility index (Phi) is 5.71. The van der Waals surface area contributed by atoms with Gasteiger partial charge in [0.2, 0.25) is 5.90 Å². The van der Waals surface area contributed by atoms with Crippen LogP contribution in [0.3, 0.4) is 0 Å². The van der Waals surface area contributed by atoms with E-state index in [-0.39, 0.29) is 11.5 Å². The molecular formula is C23H15FINO3. The molecule has 1 aliphatic heterocycles. The lowest BCUT2D eigenvalue weighted by atomic mass is 10.2. The first-order valence-electron chi connectivity index (χ1n) is 8.83. The fourth-order valence-corrected chi connectivity index (χ4v) is 3.08. The molecule has 0 saturated carbocycles. The molecule has 0 saturated heterocycles. The van der Waals surface area contributed by atoms with Gasteiger partial charge in [0.1, 0.15) is 18.2 Å². The molecule has 0 aliphatic carbocycles. The largest absolute Gasteiger partial charge is 0.489 e. The van der Waals surface area contributed by atoms with Gasteiger partial charge in [0.25, 0.3) is 0 Å². The van der Waals surface area contributed by atoms with Crippen LogP contribution in [0.2, 0.25) is 0 Å². The molecule has 3 aromatic rings. The second-order valence-electron chi connectivity index (χ2n) is 6.33. The van der Waals surface area contributed by atoms with Crippen molar-refractivity contribution in [3.8, 4) is 5.75 Å². The predicted octanol–water partition coefficient (Wildman–Crippen LogP) is 5.35. The number of nitrogens with zero attached hydrogens (tertiary/aromatic N) is 1. The number of hydrogen-bond donors (Lipinski definition) is 0. The lowest BCUT2D eigenvalue weighted by Crippen LogP contribution is -2.05. The SMILES string of the molecule is O=C1OC(c2ccc(I)cc2)=N/C1=C\c1cccc(OCc2ccc(F)cc2)c1.